The molecule has 6 nitrogen and oxygen atoms in total. The summed E-state index contributed by atoms with van der Waals surface area (Å²) >= 11 is 0. The molecule has 0 aliphatic heterocycles. The lowest BCUT2D eigenvalue weighted by molar-refractivity contribution is -0.114. The molecule has 0 spiro atoms. The van der Waals surface area contributed by atoms with E-state index in [1.165, 1.54) is 45.4 Å². The van der Waals surface area contributed by atoms with Gasteiger partial charge in [-0.3, -0.25) is 4.79 Å². The highest BCUT2D eigenvalue weighted by atomic mass is 16.1. The van der Waals surface area contributed by atoms with Gasteiger partial charge in [-0.05, 0) is 43.2 Å². The monoisotopic (exact) mass is 339 g/mol. The molecule has 1 aliphatic carbocycles. The number of nitrogens with one attached hydrogen (secondary N) is 3. The van der Waals surface area contributed by atoms with Crippen LogP contribution in [0.15, 0.2) is 36.5 Å². The molecule has 1 aromatic heterocycles. The van der Waals surface area contributed by atoms with Crippen molar-refractivity contribution in [2.45, 2.75) is 51.5 Å². The summed E-state index contributed by atoms with van der Waals surface area (Å²) in [4.78, 5) is 19.9. The average molecular weight is 339 g/mol. The fourth-order valence-electron chi connectivity index (χ4n) is 3.10. The van der Waals surface area contributed by atoms with Crippen molar-refractivity contribution in [1.82, 2.24) is 9.97 Å². The van der Waals surface area contributed by atoms with Gasteiger partial charge in [0.15, 0.2) is 0 Å². The number of aromatic nitrogens is 2. The van der Waals surface area contributed by atoms with Crippen molar-refractivity contribution in [3.63, 3.8) is 0 Å². The first-order valence-electron chi connectivity index (χ1n) is 8.93. The Balaban J connectivity index is 1.61. The van der Waals surface area contributed by atoms with E-state index in [2.05, 4.69) is 25.9 Å². The van der Waals surface area contributed by atoms with E-state index in [9.17, 15) is 4.79 Å². The number of hydrogen-bond donors (Lipinski definition) is 3. The van der Waals surface area contributed by atoms with Crippen LogP contribution in [0, 0.1) is 0 Å². The molecular weight excluding hydrogens is 314 g/mol. The second kappa shape index (κ2) is 8.46. The zero-order valence-electron chi connectivity index (χ0n) is 14.6. The molecule has 0 saturated heterocycles. The van der Waals surface area contributed by atoms with E-state index < -0.39 is 0 Å². The van der Waals surface area contributed by atoms with Crippen LogP contribution in [0.4, 0.5) is 23.1 Å². The number of rotatable bonds is 5. The Morgan fingerprint density at radius 1 is 1.00 bits per heavy atom. The Labute approximate surface area is 148 Å². The summed E-state index contributed by atoms with van der Waals surface area (Å²) in [5.41, 5.74) is 1.64. The molecule has 0 unspecified atom stereocenters. The molecule has 132 valence electrons. The Hall–Kier alpha value is -2.63. The molecule has 1 amide bonds. The second-order valence-electron chi connectivity index (χ2n) is 6.48. The summed E-state index contributed by atoms with van der Waals surface area (Å²) < 4.78 is 0. The van der Waals surface area contributed by atoms with Crippen molar-refractivity contribution >= 4 is 29.0 Å². The lowest BCUT2D eigenvalue weighted by Gasteiger charge is -2.17. The molecule has 0 radical (unpaired) electrons. The Kier molecular flexibility index (Phi) is 5.82. The molecule has 6 heteroatoms. The first kappa shape index (κ1) is 17.2. The van der Waals surface area contributed by atoms with Gasteiger partial charge in [0.2, 0.25) is 11.9 Å². The third-order valence-electron chi connectivity index (χ3n) is 4.32. The van der Waals surface area contributed by atoms with Crippen LogP contribution < -0.4 is 16.0 Å². The number of hydrogen-bond acceptors (Lipinski definition) is 5. The standard InChI is InChI=1S/C19H25N5O/c1-14(25)21-16-8-10-17(11-9-16)23-19-20-13-12-18(24-19)22-15-6-4-2-3-5-7-15/h8-13,15H,2-7H2,1H3,(H,21,25)(H2,20,22,23,24). The van der Waals surface area contributed by atoms with Gasteiger partial charge in [-0.15, -0.1) is 0 Å². The van der Waals surface area contributed by atoms with Crippen molar-refractivity contribution in [1.29, 1.82) is 0 Å². The van der Waals surface area contributed by atoms with Crippen LogP contribution in [0.2, 0.25) is 0 Å². The lowest BCUT2D eigenvalue weighted by atomic mass is 10.1. The minimum Gasteiger partial charge on any atom is -0.367 e. The summed E-state index contributed by atoms with van der Waals surface area (Å²) in [5.74, 6) is 1.34. The molecule has 2 aromatic rings. The minimum atomic E-state index is -0.0821. The predicted molar refractivity (Wildman–Crippen MR) is 101 cm³/mol. The zero-order chi connectivity index (χ0) is 17.5. The van der Waals surface area contributed by atoms with E-state index >= 15 is 0 Å². The largest absolute Gasteiger partial charge is 0.367 e. The average Bonchev–Trinajstić information content (AvgIpc) is 2.85. The number of carbonyl (C=O) groups is 1. The second-order valence-corrected chi connectivity index (χ2v) is 6.48. The highest BCUT2D eigenvalue weighted by Gasteiger charge is 2.12. The number of benzene rings is 1. The van der Waals surface area contributed by atoms with Gasteiger partial charge in [-0.25, -0.2) is 4.98 Å². The van der Waals surface area contributed by atoms with Gasteiger partial charge < -0.3 is 16.0 Å². The van der Waals surface area contributed by atoms with Gasteiger partial charge in [0, 0.05) is 30.5 Å². The third-order valence-corrected chi connectivity index (χ3v) is 4.32. The van der Waals surface area contributed by atoms with Crippen LogP contribution in [0.1, 0.15) is 45.4 Å². The van der Waals surface area contributed by atoms with E-state index in [4.69, 9.17) is 0 Å². The van der Waals surface area contributed by atoms with Gasteiger partial charge in [0.1, 0.15) is 5.82 Å². The predicted octanol–water partition coefficient (Wildman–Crippen LogP) is 4.31. The van der Waals surface area contributed by atoms with Crippen LogP contribution in [-0.4, -0.2) is 21.9 Å². The SMILES string of the molecule is CC(=O)Nc1ccc(Nc2nccc(NC3CCCCCC3)n2)cc1. The van der Waals surface area contributed by atoms with Crippen molar-refractivity contribution in [2.24, 2.45) is 0 Å². The first-order chi connectivity index (χ1) is 12.2. The van der Waals surface area contributed by atoms with Gasteiger partial charge in [0.05, 0.1) is 0 Å². The molecule has 1 fully saturated rings. The molecule has 3 N–H and O–H groups in total. The Bertz CT molecular complexity index is 693. The summed E-state index contributed by atoms with van der Waals surface area (Å²) in [6, 6.07) is 9.88. The molecule has 1 aromatic carbocycles. The molecular formula is C19H25N5O. The van der Waals surface area contributed by atoms with Crippen molar-refractivity contribution in [3.8, 4) is 0 Å². The van der Waals surface area contributed by atoms with Gasteiger partial charge in [-0.2, -0.15) is 4.98 Å². The summed E-state index contributed by atoms with van der Waals surface area (Å²) in [5, 5.41) is 9.49. The highest BCUT2D eigenvalue weighted by molar-refractivity contribution is 5.88. The zero-order valence-corrected chi connectivity index (χ0v) is 14.6. The van der Waals surface area contributed by atoms with Gasteiger partial charge in [0.25, 0.3) is 0 Å². The molecule has 1 aliphatic rings. The van der Waals surface area contributed by atoms with Crippen LogP contribution in [0.5, 0.6) is 0 Å². The van der Waals surface area contributed by atoms with Crippen LogP contribution in [0.25, 0.3) is 0 Å². The summed E-state index contributed by atoms with van der Waals surface area (Å²) in [6.07, 6.45) is 9.42. The maximum absolute atomic E-state index is 11.1. The lowest BCUT2D eigenvalue weighted by Crippen LogP contribution is -2.19. The summed E-state index contributed by atoms with van der Waals surface area (Å²) in [7, 11) is 0. The van der Waals surface area contributed by atoms with Gasteiger partial charge >= 0.3 is 0 Å². The van der Waals surface area contributed by atoms with Crippen LogP contribution >= 0.6 is 0 Å². The topological polar surface area (TPSA) is 78.9 Å². The van der Waals surface area contributed by atoms with Crippen molar-refractivity contribution < 1.29 is 4.79 Å². The van der Waals surface area contributed by atoms with E-state index in [1.54, 1.807) is 6.20 Å². The van der Waals surface area contributed by atoms with Crippen molar-refractivity contribution in [3.05, 3.63) is 36.5 Å². The number of amides is 1. The fraction of sp³-hybridized carbons (Fsp3) is 0.421. The number of nitrogens with zero attached hydrogens (tertiary/aromatic N) is 2. The van der Waals surface area contributed by atoms with Crippen molar-refractivity contribution in [2.75, 3.05) is 16.0 Å². The molecule has 0 atom stereocenters. The third kappa shape index (κ3) is 5.45. The Morgan fingerprint density at radius 2 is 1.68 bits per heavy atom. The van der Waals surface area contributed by atoms with Gasteiger partial charge in [-0.1, -0.05) is 25.7 Å². The number of carbonyl (C=O) groups excluding carboxylic acids is 1. The smallest absolute Gasteiger partial charge is 0.229 e. The maximum atomic E-state index is 11.1. The molecule has 1 heterocycles. The first-order valence-corrected chi connectivity index (χ1v) is 8.93. The highest BCUT2D eigenvalue weighted by Crippen LogP contribution is 2.21. The quantitative estimate of drug-likeness (QED) is 0.707. The summed E-state index contributed by atoms with van der Waals surface area (Å²) in [6.45, 7) is 1.49. The number of anilines is 4. The molecule has 1 saturated carbocycles. The fourth-order valence-corrected chi connectivity index (χ4v) is 3.10. The maximum Gasteiger partial charge on any atom is 0.229 e. The minimum absolute atomic E-state index is 0.0821. The van der Waals surface area contributed by atoms with E-state index in [0.29, 0.717) is 12.0 Å². The van der Waals surface area contributed by atoms with E-state index in [-0.39, 0.29) is 5.91 Å². The van der Waals surface area contributed by atoms with Crippen LogP contribution in [-0.2, 0) is 4.79 Å². The van der Waals surface area contributed by atoms with Crippen LogP contribution in [0.3, 0.4) is 0 Å². The normalized spacial score (nSPS) is 15.2. The molecule has 3 rings (SSSR count). The Morgan fingerprint density at radius 3 is 2.36 bits per heavy atom. The molecule has 25 heavy (non-hydrogen) atoms. The van der Waals surface area contributed by atoms with E-state index in [0.717, 1.165) is 17.2 Å². The molecule has 0 bridgehead atoms. The van der Waals surface area contributed by atoms with E-state index in [1.807, 2.05) is 30.3 Å².